The number of carbonyl (C=O) groups excluding carboxylic acids is 5. The Hall–Kier alpha value is -2.65. The molecule has 10 heteroatoms. The molecule has 6 unspecified atom stereocenters. The lowest BCUT2D eigenvalue weighted by molar-refractivity contribution is -0.166. The molecule has 0 aliphatic rings. The fourth-order valence-corrected chi connectivity index (χ4v) is 4.04. The highest BCUT2D eigenvalue weighted by atomic mass is 16.6. The molecule has 0 N–H and O–H groups in total. The average Bonchev–Trinajstić information content (AvgIpc) is 2.62. The monoisotopic (exact) mass is 488 g/mol. The lowest BCUT2D eigenvalue weighted by Gasteiger charge is -2.35. The molecule has 0 aromatic carbocycles. The predicted molar refractivity (Wildman–Crippen MR) is 121 cm³/mol. The first-order valence-electron chi connectivity index (χ1n) is 11.6. The second kappa shape index (κ2) is 16.1. The first-order chi connectivity index (χ1) is 15.7. The van der Waals surface area contributed by atoms with E-state index in [2.05, 4.69) is 0 Å². The highest BCUT2D eigenvalue weighted by Gasteiger charge is 2.37. The summed E-state index contributed by atoms with van der Waals surface area (Å²) in [7, 11) is 0. The Morgan fingerprint density at radius 1 is 0.559 bits per heavy atom. The minimum absolute atomic E-state index is 0.106. The molecule has 0 fully saturated rings. The van der Waals surface area contributed by atoms with Crippen LogP contribution in [0.25, 0.3) is 0 Å². The molecule has 0 saturated heterocycles. The third kappa shape index (κ3) is 14.5. The van der Waals surface area contributed by atoms with E-state index in [4.69, 9.17) is 23.7 Å². The van der Waals surface area contributed by atoms with Crippen LogP contribution in [0.1, 0.15) is 87.5 Å². The van der Waals surface area contributed by atoms with E-state index < -0.39 is 66.3 Å². The van der Waals surface area contributed by atoms with E-state index >= 15 is 0 Å². The summed E-state index contributed by atoms with van der Waals surface area (Å²) in [4.78, 5) is 58.3. The lowest BCUT2D eigenvalue weighted by Crippen LogP contribution is -2.42. The Kier molecular flexibility index (Phi) is 14.8. The summed E-state index contributed by atoms with van der Waals surface area (Å²) < 4.78 is 27.0. The van der Waals surface area contributed by atoms with Crippen LogP contribution < -0.4 is 0 Å². The Bertz CT molecular complexity index is 689. The van der Waals surface area contributed by atoms with Crippen molar-refractivity contribution >= 4 is 29.8 Å². The molecule has 0 aliphatic carbocycles. The zero-order valence-corrected chi connectivity index (χ0v) is 21.6. The van der Waals surface area contributed by atoms with Crippen molar-refractivity contribution < 1.29 is 47.7 Å². The van der Waals surface area contributed by atoms with Gasteiger partial charge in [0, 0.05) is 59.8 Å². The van der Waals surface area contributed by atoms with Gasteiger partial charge in [-0.05, 0) is 20.3 Å². The van der Waals surface area contributed by atoms with Crippen LogP contribution in [0.3, 0.4) is 0 Å². The van der Waals surface area contributed by atoms with Crippen LogP contribution in [0.5, 0.6) is 0 Å². The van der Waals surface area contributed by atoms with Gasteiger partial charge in [0.2, 0.25) is 0 Å². The molecule has 0 amide bonds. The molecule has 0 radical (unpaired) electrons. The van der Waals surface area contributed by atoms with Crippen LogP contribution in [0.2, 0.25) is 0 Å². The highest BCUT2D eigenvalue weighted by molar-refractivity contribution is 5.68. The van der Waals surface area contributed by atoms with E-state index in [-0.39, 0.29) is 19.3 Å². The van der Waals surface area contributed by atoms with E-state index in [0.29, 0.717) is 12.8 Å². The van der Waals surface area contributed by atoms with Crippen LogP contribution in [-0.2, 0) is 47.7 Å². The van der Waals surface area contributed by atoms with Gasteiger partial charge in [-0.1, -0.05) is 13.3 Å². The van der Waals surface area contributed by atoms with Gasteiger partial charge >= 0.3 is 29.8 Å². The molecular formula is C24H40O10. The second-order valence-corrected chi connectivity index (χ2v) is 8.53. The summed E-state index contributed by atoms with van der Waals surface area (Å²) in [5.41, 5.74) is 0. The van der Waals surface area contributed by atoms with Gasteiger partial charge in [-0.2, -0.15) is 0 Å². The standard InChI is InChI=1S/C24H40O10/c1-9-10-22(23(33-19(7)28)12-15(3)31-17(5)26)24(34-20(8)29)13-21(32-18(6)27)11-14(2)30-16(4)25/h14-15,21-24H,9-13H2,1-8H3. The van der Waals surface area contributed by atoms with Gasteiger partial charge in [0.1, 0.15) is 30.5 Å². The largest absolute Gasteiger partial charge is 0.463 e. The molecule has 34 heavy (non-hydrogen) atoms. The van der Waals surface area contributed by atoms with Crippen molar-refractivity contribution in [3.63, 3.8) is 0 Å². The summed E-state index contributed by atoms with van der Waals surface area (Å²) in [5.74, 6) is -3.00. The minimum Gasteiger partial charge on any atom is -0.463 e. The molecule has 0 aliphatic heterocycles. The quantitative estimate of drug-likeness (QED) is 0.250. The number of hydrogen-bond acceptors (Lipinski definition) is 10. The van der Waals surface area contributed by atoms with Crippen molar-refractivity contribution in [3.8, 4) is 0 Å². The third-order valence-corrected chi connectivity index (χ3v) is 4.93. The molecule has 0 heterocycles. The molecular weight excluding hydrogens is 448 g/mol. The second-order valence-electron chi connectivity index (χ2n) is 8.53. The summed E-state index contributed by atoms with van der Waals surface area (Å²) in [5, 5.41) is 0. The molecule has 0 rings (SSSR count). The SMILES string of the molecule is CCCC(C(CC(C)OC(C)=O)OC(C)=O)C(CC(CC(C)OC(C)=O)OC(C)=O)OC(C)=O. The van der Waals surface area contributed by atoms with Crippen molar-refractivity contribution in [1.29, 1.82) is 0 Å². The number of rotatable bonds is 15. The maximum Gasteiger partial charge on any atom is 0.302 e. The first kappa shape index (κ1) is 31.4. The molecule has 0 saturated carbocycles. The molecule has 0 aromatic rings. The fourth-order valence-electron chi connectivity index (χ4n) is 4.04. The topological polar surface area (TPSA) is 132 Å². The normalized spacial score (nSPS) is 16.1. The van der Waals surface area contributed by atoms with Gasteiger partial charge in [0.15, 0.2) is 0 Å². The zero-order valence-electron chi connectivity index (χ0n) is 21.6. The fraction of sp³-hybridized carbons (Fsp3) is 0.792. The molecule has 6 atom stereocenters. The smallest absolute Gasteiger partial charge is 0.302 e. The molecule has 0 bridgehead atoms. The van der Waals surface area contributed by atoms with E-state index in [9.17, 15) is 24.0 Å². The van der Waals surface area contributed by atoms with Crippen LogP contribution in [0, 0.1) is 5.92 Å². The van der Waals surface area contributed by atoms with Crippen LogP contribution in [0.15, 0.2) is 0 Å². The summed E-state index contributed by atoms with van der Waals surface area (Å²) in [6.45, 7) is 11.7. The zero-order chi connectivity index (χ0) is 26.4. The number of ether oxygens (including phenoxy) is 5. The molecule has 0 aromatic heterocycles. The van der Waals surface area contributed by atoms with Crippen molar-refractivity contribution in [2.24, 2.45) is 5.92 Å². The van der Waals surface area contributed by atoms with E-state index in [1.807, 2.05) is 6.92 Å². The van der Waals surface area contributed by atoms with Crippen molar-refractivity contribution in [2.45, 2.75) is 118 Å². The van der Waals surface area contributed by atoms with Crippen molar-refractivity contribution in [1.82, 2.24) is 0 Å². The number of esters is 5. The van der Waals surface area contributed by atoms with Crippen molar-refractivity contribution in [2.75, 3.05) is 0 Å². The van der Waals surface area contributed by atoms with Gasteiger partial charge in [-0.3, -0.25) is 24.0 Å². The maximum atomic E-state index is 12.0. The van der Waals surface area contributed by atoms with E-state index in [0.717, 1.165) is 0 Å². The van der Waals surface area contributed by atoms with Crippen LogP contribution >= 0.6 is 0 Å². The molecule has 0 spiro atoms. The Morgan fingerprint density at radius 2 is 0.941 bits per heavy atom. The van der Waals surface area contributed by atoms with Gasteiger partial charge in [0.25, 0.3) is 0 Å². The van der Waals surface area contributed by atoms with Gasteiger partial charge in [-0.25, -0.2) is 0 Å². The molecule has 10 nitrogen and oxygen atoms in total. The van der Waals surface area contributed by atoms with Crippen molar-refractivity contribution in [3.05, 3.63) is 0 Å². The van der Waals surface area contributed by atoms with Crippen LogP contribution in [-0.4, -0.2) is 60.4 Å². The summed E-state index contributed by atoms with van der Waals surface area (Å²) >= 11 is 0. The lowest BCUT2D eigenvalue weighted by atomic mass is 9.84. The summed E-state index contributed by atoms with van der Waals surface area (Å²) in [6.07, 6.45) is -1.61. The van der Waals surface area contributed by atoms with E-state index in [1.165, 1.54) is 34.6 Å². The highest BCUT2D eigenvalue weighted by Crippen LogP contribution is 2.30. The van der Waals surface area contributed by atoms with Gasteiger partial charge in [-0.15, -0.1) is 0 Å². The number of carbonyl (C=O) groups is 5. The summed E-state index contributed by atoms with van der Waals surface area (Å²) in [6, 6.07) is 0. The number of hydrogen-bond donors (Lipinski definition) is 0. The third-order valence-electron chi connectivity index (χ3n) is 4.93. The Morgan fingerprint density at radius 3 is 1.32 bits per heavy atom. The Balaban J connectivity index is 6.01. The van der Waals surface area contributed by atoms with Gasteiger partial charge in [0.05, 0.1) is 0 Å². The average molecular weight is 489 g/mol. The predicted octanol–water partition coefficient (Wildman–Crippen LogP) is 3.27. The van der Waals surface area contributed by atoms with Gasteiger partial charge < -0.3 is 23.7 Å². The van der Waals surface area contributed by atoms with E-state index in [1.54, 1.807) is 13.8 Å². The Labute approximate surface area is 202 Å². The first-order valence-corrected chi connectivity index (χ1v) is 11.6. The minimum atomic E-state index is -0.778. The van der Waals surface area contributed by atoms with Crippen LogP contribution in [0.4, 0.5) is 0 Å². The molecule has 196 valence electrons. The maximum absolute atomic E-state index is 12.0.